The molecule has 0 bridgehead atoms. The Hall–Kier alpha value is -1.77. The topological polar surface area (TPSA) is 27.1 Å². The molecule has 3 heteroatoms. The van der Waals surface area contributed by atoms with Crippen LogP contribution in [-0.2, 0) is 0 Å². The molecule has 0 amide bonds. The van der Waals surface area contributed by atoms with Crippen LogP contribution >= 0.6 is 0 Å². The summed E-state index contributed by atoms with van der Waals surface area (Å²) in [5.41, 5.74) is 2.25. The average molecular weight is 216 g/mol. The fourth-order valence-corrected chi connectivity index (χ4v) is 1.82. The van der Waals surface area contributed by atoms with Gasteiger partial charge in [-0.15, -0.1) is 0 Å². The number of aromatic nitrogens is 2. The first-order chi connectivity index (χ1) is 7.74. The molecule has 0 radical (unpaired) electrons. The summed E-state index contributed by atoms with van der Waals surface area (Å²) in [6.45, 7) is 4.32. The van der Waals surface area contributed by atoms with Crippen LogP contribution in [0.5, 0.6) is 5.75 Å². The van der Waals surface area contributed by atoms with Gasteiger partial charge in [0, 0.05) is 12.4 Å². The highest BCUT2D eigenvalue weighted by molar-refractivity contribution is 5.53. The van der Waals surface area contributed by atoms with Crippen molar-refractivity contribution in [1.29, 1.82) is 0 Å². The number of imidazole rings is 1. The van der Waals surface area contributed by atoms with Crippen LogP contribution in [0, 0.1) is 0 Å². The minimum Gasteiger partial charge on any atom is -0.494 e. The molecule has 2 aromatic rings. The van der Waals surface area contributed by atoms with Crippen LogP contribution in [-0.4, -0.2) is 16.7 Å². The van der Waals surface area contributed by atoms with Crippen molar-refractivity contribution in [1.82, 2.24) is 9.55 Å². The number of methoxy groups -OCH3 is 1. The normalized spacial score (nSPS) is 10.8. The molecule has 0 fully saturated rings. The molecule has 0 saturated heterocycles. The fraction of sp³-hybridized carbons (Fsp3) is 0.308. The minimum absolute atomic E-state index is 0.443. The highest BCUT2D eigenvalue weighted by atomic mass is 16.5. The van der Waals surface area contributed by atoms with Gasteiger partial charge in [-0.3, -0.25) is 0 Å². The van der Waals surface area contributed by atoms with Crippen molar-refractivity contribution in [2.24, 2.45) is 0 Å². The molecule has 1 aromatic carbocycles. The predicted molar refractivity (Wildman–Crippen MR) is 64.2 cm³/mol. The van der Waals surface area contributed by atoms with Crippen molar-refractivity contribution < 1.29 is 4.74 Å². The molecule has 0 unspecified atom stereocenters. The SMILES string of the molecule is COc1c(C(C)C)cccc1-n1ccnc1. The Bertz CT molecular complexity index is 461. The van der Waals surface area contributed by atoms with Gasteiger partial charge in [-0.05, 0) is 17.5 Å². The molecule has 0 spiro atoms. The number of para-hydroxylation sites is 1. The van der Waals surface area contributed by atoms with Gasteiger partial charge in [0.15, 0.2) is 0 Å². The summed E-state index contributed by atoms with van der Waals surface area (Å²) in [6, 6.07) is 6.18. The first-order valence-electron chi connectivity index (χ1n) is 5.39. The molecule has 0 saturated carbocycles. The lowest BCUT2D eigenvalue weighted by Crippen LogP contribution is -2.00. The number of hydrogen-bond acceptors (Lipinski definition) is 2. The van der Waals surface area contributed by atoms with E-state index in [1.165, 1.54) is 5.56 Å². The molecule has 84 valence electrons. The second-order valence-electron chi connectivity index (χ2n) is 4.02. The number of ether oxygens (including phenoxy) is 1. The van der Waals surface area contributed by atoms with Gasteiger partial charge in [-0.2, -0.15) is 0 Å². The molecule has 3 nitrogen and oxygen atoms in total. The van der Waals surface area contributed by atoms with E-state index in [4.69, 9.17) is 4.74 Å². The van der Waals surface area contributed by atoms with E-state index in [1.807, 2.05) is 22.9 Å². The molecule has 1 aromatic heterocycles. The number of benzene rings is 1. The Morgan fingerprint density at radius 3 is 2.69 bits per heavy atom. The van der Waals surface area contributed by atoms with Gasteiger partial charge < -0.3 is 9.30 Å². The molecule has 2 rings (SSSR count). The van der Waals surface area contributed by atoms with Gasteiger partial charge in [-0.25, -0.2) is 4.98 Å². The lowest BCUT2D eigenvalue weighted by atomic mass is 10.0. The van der Waals surface area contributed by atoms with Gasteiger partial charge >= 0.3 is 0 Å². The standard InChI is InChI=1S/C13H16N2O/c1-10(2)11-5-4-6-12(13(11)16-3)15-8-7-14-9-15/h4-10H,1-3H3. The van der Waals surface area contributed by atoms with Crippen molar-refractivity contribution >= 4 is 0 Å². The van der Waals surface area contributed by atoms with Crippen LogP contribution in [0.25, 0.3) is 5.69 Å². The van der Waals surface area contributed by atoms with Gasteiger partial charge in [0.1, 0.15) is 5.75 Å². The van der Waals surface area contributed by atoms with Crippen molar-refractivity contribution in [3.05, 3.63) is 42.5 Å². The zero-order valence-electron chi connectivity index (χ0n) is 9.84. The summed E-state index contributed by atoms with van der Waals surface area (Å²) < 4.78 is 7.48. The fourth-order valence-electron chi connectivity index (χ4n) is 1.82. The molecule has 0 N–H and O–H groups in total. The first kappa shape index (κ1) is 10.7. The monoisotopic (exact) mass is 216 g/mol. The van der Waals surface area contributed by atoms with E-state index < -0.39 is 0 Å². The van der Waals surface area contributed by atoms with Crippen molar-refractivity contribution in [3.63, 3.8) is 0 Å². The minimum atomic E-state index is 0.443. The van der Waals surface area contributed by atoms with Crippen LogP contribution in [0.2, 0.25) is 0 Å². The second kappa shape index (κ2) is 4.39. The number of nitrogens with zero attached hydrogens (tertiary/aromatic N) is 2. The van der Waals surface area contributed by atoms with Gasteiger partial charge in [0.05, 0.1) is 19.1 Å². The van der Waals surface area contributed by atoms with Gasteiger partial charge in [0.2, 0.25) is 0 Å². The van der Waals surface area contributed by atoms with Crippen LogP contribution < -0.4 is 4.74 Å². The zero-order chi connectivity index (χ0) is 11.5. The molecule has 0 aliphatic heterocycles. The Balaban J connectivity index is 2.58. The zero-order valence-corrected chi connectivity index (χ0v) is 9.84. The first-order valence-corrected chi connectivity index (χ1v) is 5.39. The van der Waals surface area contributed by atoms with E-state index in [2.05, 4.69) is 24.9 Å². The molecule has 0 aliphatic carbocycles. The van der Waals surface area contributed by atoms with Gasteiger partial charge in [-0.1, -0.05) is 26.0 Å². The summed E-state index contributed by atoms with van der Waals surface area (Å²) in [7, 11) is 1.71. The van der Waals surface area contributed by atoms with E-state index in [0.29, 0.717) is 5.92 Å². The molecule has 1 heterocycles. The Kier molecular flexibility index (Phi) is 2.95. The molecular weight excluding hydrogens is 200 g/mol. The molecule has 16 heavy (non-hydrogen) atoms. The largest absolute Gasteiger partial charge is 0.494 e. The second-order valence-corrected chi connectivity index (χ2v) is 4.02. The van der Waals surface area contributed by atoms with Crippen molar-refractivity contribution in [2.45, 2.75) is 19.8 Å². The Morgan fingerprint density at radius 2 is 2.12 bits per heavy atom. The molecule has 0 aliphatic rings. The highest BCUT2D eigenvalue weighted by Gasteiger charge is 2.12. The van der Waals surface area contributed by atoms with Crippen LogP contribution in [0.15, 0.2) is 36.9 Å². The van der Waals surface area contributed by atoms with E-state index in [-0.39, 0.29) is 0 Å². The summed E-state index contributed by atoms with van der Waals surface area (Å²) in [4.78, 5) is 4.06. The maximum atomic E-state index is 5.51. The predicted octanol–water partition coefficient (Wildman–Crippen LogP) is 3.00. The lowest BCUT2D eigenvalue weighted by molar-refractivity contribution is 0.405. The third-order valence-electron chi connectivity index (χ3n) is 2.63. The van der Waals surface area contributed by atoms with E-state index >= 15 is 0 Å². The molecular formula is C13H16N2O. The van der Waals surface area contributed by atoms with Crippen molar-refractivity contribution in [2.75, 3.05) is 7.11 Å². The number of rotatable bonds is 3. The maximum Gasteiger partial charge on any atom is 0.146 e. The lowest BCUT2D eigenvalue weighted by Gasteiger charge is -2.16. The average Bonchev–Trinajstić information content (AvgIpc) is 2.81. The van der Waals surface area contributed by atoms with Gasteiger partial charge in [0.25, 0.3) is 0 Å². The summed E-state index contributed by atoms with van der Waals surface area (Å²) in [5, 5.41) is 0. The quantitative estimate of drug-likeness (QED) is 0.788. The third kappa shape index (κ3) is 1.81. The van der Waals surface area contributed by atoms with Crippen LogP contribution in [0.3, 0.4) is 0 Å². The maximum absolute atomic E-state index is 5.51. The van der Waals surface area contributed by atoms with Crippen molar-refractivity contribution in [3.8, 4) is 11.4 Å². The summed E-state index contributed by atoms with van der Waals surface area (Å²) in [6.07, 6.45) is 5.46. The van der Waals surface area contributed by atoms with E-state index in [9.17, 15) is 0 Å². The summed E-state index contributed by atoms with van der Waals surface area (Å²) in [5.74, 6) is 1.37. The smallest absolute Gasteiger partial charge is 0.146 e. The third-order valence-corrected chi connectivity index (χ3v) is 2.63. The van der Waals surface area contributed by atoms with Crippen LogP contribution in [0.4, 0.5) is 0 Å². The van der Waals surface area contributed by atoms with E-state index in [1.54, 1.807) is 19.6 Å². The highest BCUT2D eigenvalue weighted by Crippen LogP contribution is 2.32. The Morgan fingerprint density at radius 1 is 1.31 bits per heavy atom. The van der Waals surface area contributed by atoms with Crippen LogP contribution in [0.1, 0.15) is 25.3 Å². The Labute approximate surface area is 95.7 Å². The summed E-state index contributed by atoms with van der Waals surface area (Å²) >= 11 is 0. The number of hydrogen-bond donors (Lipinski definition) is 0. The van der Waals surface area contributed by atoms with E-state index in [0.717, 1.165) is 11.4 Å². The molecule has 0 atom stereocenters.